The summed E-state index contributed by atoms with van der Waals surface area (Å²) in [6.07, 6.45) is 0. The molecule has 0 radical (unpaired) electrons. The van der Waals surface area contributed by atoms with Crippen molar-refractivity contribution in [3.63, 3.8) is 0 Å². The first kappa shape index (κ1) is 14.1. The van der Waals surface area contributed by atoms with Gasteiger partial charge in [-0.2, -0.15) is 0 Å². The van der Waals surface area contributed by atoms with E-state index in [9.17, 15) is 9.18 Å². The molecule has 0 saturated carbocycles. The van der Waals surface area contributed by atoms with E-state index >= 15 is 0 Å². The van der Waals surface area contributed by atoms with Crippen molar-refractivity contribution in [1.29, 1.82) is 0 Å². The van der Waals surface area contributed by atoms with Crippen LogP contribution in [-0.4, -0.2) is 12.5 Å². The number of carbonyl (C=O) groups excluding carboxylic acids is 1. The van der Waals surface area contributed by atoms with Crippen LogP contribution in [-0.2, 0) is 4.79 Å². The lowest BCUT2D eigenvalue weighted by molar-refractivity contribution is -0.118. The molecule has 0 heterocycles. The number of ether oxygens (including phenoxy) is 1. The van der Waals surface area contributed by atoms with Gasteiger partial charge in [0.1, 0.15) is 11.6 Å². The molecule has 0 aliphatic carbocycles. The van der Waals surface area contributed by atoms with Gasteiger partial charge in [-0.3, -0.25) is 4.79 Å². The molecular weight excluding hydrogens is 257 g/mol. The van der Waals surface area contributed by atoms with Crippen LogP contribution in [0.5, 0.6) is 5.75 Å². The Bertz CT molecular complexity index is 626. The standard InChI is InChI=1S/C16H16FNO2/c1-11-5-3-4-6-15(11)18-16(19)10-20-13-7-8-14(17)12(2)9-13/h3-9H,10H2,1-2H3,(H,18,19). The number of para-hydroxylation sites is 1. The molecule has 0 fully saturated rings. The quantitative estimate of drug-likeness (QED) is 0.926. The molecule has 0 atom stereocenters. The van der Waals surface area contributed by atoms with Crippen LogP contribution < -0.4 is 10.1 Å². The summed E-state index contributed by atoms with van der Waals surface area (Å²) in [5, 5.41) is 2.77. The zero-order valence-electron chi connectivity index (χ0n) is 11.4. The molecule has 0 bridgehead atoms. The molecular formula is C16H16FNO2. The summed E-state index contributed by atoms with van der Waals surface area (Å²) in [6.45, 7) is 3.45. The van der Waals surface area contributed by atoms with Gasteiger partial charge in [0.2, 0.25) is 0 Å². The van der Waals surface area contributed by atoms with E-state index in [1.165, 1.54) is 12.1 Å². The van der Waals surface area contributed by atoms with Gasteiger partial charge in [-0.1, -0.05) is 18.2 Å². The van der Waals surface area contributed by atoms with Crippen LogP contribution in [0.25, 0.3) is 0 Å². The van der Waals surface area contributed by atoms with Crippen molar-refractivity contribution in [3.8, 4) is 5.75 Å². The summed E-state index contributed by atoms with van der Waals surface area (Å²) >= 11 is 0. The number of hydrogen-bond acceptors (Lipinski definition) is 2. The molecule has 2 rings (SSSR count). The maximum Gasteiger partial charge on any atom is 0.262 e. The van der Waals surface area contributed by atoms with Gasteiger partial charge in [0, 0.05) is 5.69 Å². The van der Waals surface area contributed by atoms with E-state index in [4.69, 9.17) is 4.74 Å². The molecule has 4 heteroatoms. The number of benzene rings is 2. The van der Waals surface area contributed by atoms with Crippen LogP contribution in [0.3, 0.4) is 0 Å². The minimum Gasteiger partial charge on any atom is -0.484 e. The average Bonchev–Trinajstić information content (AvgIpc) is 2.43. The molecule has 104 valence electrons. The van der Waals surface area contributed by atoms with Crippen LogP contribution in [0.2, 0.25) is 0 Å². The maximum atomic E-state index is 13.1. The zero-order chi connectivity index (χ0) is 14.5. The van der Waals surface area contributed by atoms with E-state index < -0.39 is 0 Å². The highest BCUT2D eigenvalue weighted by atomic mass is 19.1. The Kier molecular flexibility index (Phi) is 4.35. The van der Waals surface area contributed by atoms with Crippen molar-refractivity contribution < 1.29 is 13.9 Å². The van der Waals surface area contributed by atoms with Gasteiger partial charge in [0.15, 0.2) is 6.61 Å². The number of amides is 1. The Hall–Kier alpha value is -2.36. The number of anilines is 1. The summed E-state index contributed by atoms with van der Waals surface area (Å²) < 4.78 is 18.4. The highest BCUT2D eigenvalue weighted by molar-refractivity contribution is 5.92. The summed E-state index contributed by atoms with van der Waals surface area (Å²) in [6, 6.07) is 11.9. The first-order valence-electron chi connectivity index (χ1n) is 6.30. The smallest absolute Gasteiger partial charge is 0.262 e. The molecule has 0 spiro atoms. The van der Waals surface area contributed by atoms with Crippen LogP contribution in [0.4, 0.5) is 10.1 Å². The second kappa shape index (κ2) is 6.19. The monoisotopic (exact) mass is 273 g/mol. The van der Waals surface area contributed by atoms with E-state index in [0.29, 0.717) is 11.3 Å². The number of nitrogens with one attached hydrogen (secondary N) is 1. The molecule has 1 N–H and O–H groups in total. The molecule has 0 aliphatic heterocycles. The van der Waals surface area contributed by atoms with Crippen molar-refractivity contribution in [2.24, 2.45) is 0 Å². The molecule has 3 nitrogen and oxygen atoms in total. The fraction of sp³-hybridized carbons (Fsp3) is 0.188. The fourth-order valence-corrected chi connectivity index (χ4v) is 1.76. The summed E-state index contributed by atoms with van der Waals surface area (Å²) in [5.41, 5.74) is 2.23. The fourth-order valence-electron chi connectivity index (χ4n) is 1.76. The highest BCUT2D eigenvalue weighted by Gasteiger charge is 2.06. The number of carbonyl (C=O) groups is 1. The minimum atomic E-state index is -0.290. The summed E-state index contributed by atoms with van der Waals surface area (Å²) in [5.74, 6) is -0.0631. The number of hydrogen-bond donors (Lipinski definition) is 1. The van der Waals surface area contributed by atoms with Crippen molar-refractivity contribution in [2.75, 3.05) is 11.9 Å². The zero-order valence-corrected chi connectivity index (χ0v) is 11.4. The van der Waals surface area contributed by atoms with E-state index in [2.05, 4.69) is 5.32 Å². The molecule has 1 amide bonds. The van der Waals surface area contributed by atoms with Gasteiger partial charge in [0.05, 0.1) is 0 Å². The van der Waals surface area contributed by atoms with Gasteiger partial charge >= 0.3 is 0 Å². The summed E-state index contributed by atoms with van der Waals surface area (Å²) in [7, 11) is 0. The van der Waals surface area contributed by atoms with Gasteiger partial charge in [0.25, 0.3) is 5.91 Å². The SMILES string of the molecule is Cc1cc(OCC(=O)Nc2ccccc2C)ccc1F. The first-order chi connectivity index (χ1) is 9.56. The van der Waals surface area contributed by atoms with E-state index in [0.717, 1.165) is 11.3 Å². The van der Waals surface area contributed by atoms with Crippen LogP contribution in [0.15, 0.2) is 42.5 Å². The second-order valence-electron chi connectivity index (χ2n) is 4.56. The molecule has 0 aliphatic rings. The lowest BCUT2D eigenvalue weighted by atomic mass is 10.2. The number of halogens is 1. The average molecular weight is 273 g/mol. The first-order valence-corrected chi connectivity index (χ1v) is 6.30. The third kappa shape index (κ3) is 3.57. The lowest BCUT2D eigenvalue weighted by Gasteiger charge is -2.10. The predicted molar refractivity (Wildman–Crippen MR) is 76.4 cm³/mol. The van der Waals surface area contributed by atoms with Crippen molar-refractivity contribution in [2.45, 2.75) is 13.8 Å². The Morgan fingerprint density at radius 1 is 1.15 bits per heavy atom. The molecule has 20 heavy (non-hydrogen) atoms. The topological polar surface area (TPSA) is 38.3 Å². The van der Waals surface area contributed by atoms with Gasteiger partial charge in [-0.05, 0) is 49.2 Å². The molecule has 0 unspecified atom stereocenters. The minimum absolute atomic E-state index is 0.112. The Morgan fingerprint density at radius 2 is 1.90 bits per heavy atom. The Labute approximate surface area is 117 Å². The molecule has 0 aromatic heterocycles. The van der Waals surface area contributed by atoms with Gasteiger partial charge in [-0.15, -0.1) is 0 Å². The van der Waals surface area contributed by atoms with E-state index in [-0.39, 0.29) is 18.3 Å². The van der Waals surface area contributed by atoms with E-state index in [1.807, 2.05) is 31.2 Å². The second-order valence-corrected chi connectivity index (χ2v) is 4.56. The highest BCUT2D eigenvalue weighted by Crippen LogP contribution is 2.16. The van der Waals surface area contributed by atoms with E-state index in [1.54, 1.807) is 13.0 Å². The summed E-state index contributed by atoms with van der Waals surface area (Å²) in [4.78, 5) is 11.8. The van der Waals surface area contributed by atoms with Crippen LogP contribution >= 0.6 is 0 Å². The van der Waals surface area contributed by atoms with Crippen molar-refractivity contribution >= 4 is 11.6 Å². The number of rotatable bonds is 4. The Morgan fingerprint density at radius 3 is 2.60 bits per heavy atom. The molecule has 0 saturated heterocycles. The third-order valence-corrected chi connectivity index (χ3v) is 2.92. The maximum absolute atomic E-state index is 13.1. The van der Waals surface area contributed by atoms with Crippen LogP contribution in [0.1, 0.15) is 11.1 Å². The molecule has 2 aromatic rings. The predicted octanol–water partition coefficient (Wildman–Crippen LogP) is 3.46. The molecule has 2 aromatic carbocycles. The van der Waals surface area contributed by atoms with Gasteiger partial charge < -0.3 is 10.1 Å². The third-order valence-electron chi connectivity index (χ3n) is 2.92. The Balaban J connectivity index is 1.92. The van der Waals surface area contributed by atoms with Crippen LogP contribution in [0, 0.1) is 19.7 Å². The number of aryl methyl sites for hydroxylation is 2. The lowest BCUT2D eigenvalue weighted by Crippen LogP contribution is -2.20. The van der Waals surface area contributed by atoms with Crippen molar-refractivity contribution in [3.05, 3.63) is 59.4 Å². The largest absolute Gasteiger partial charge is 0.484 e. The van der Waals surface area contributed by atoms with Gasteiger partial charge in [-0.25, -0.2) is 4.39 Å². The normalized spacial score (nSPS) is 10.2. The van der Waals surface area contributed by atoms with Crippen molar-refractivity contribution in [1.82, 2.24) is 0 Å².